The highest BCUT2D eigenvalue weighted by molar-refractivity contribution is 5.28. The van der Waals surface area contributed by atoms with Gasteiger partial charge in [0.25, 0.3) is 0 Å². The average molecular weight is 190 g/mol. The van der Waals surface area contributed by atoms with Crippen molar-refractivity contribution in [2.75, 3.05) is 6.61 Å². The minimum Gasteiger partial charge on any atom is -0.396 e. The van der Waals surface area contributed by atoms with Crippen LogP contribution in [0.25, 0.3) is 0 Å². The molecule has 1 fully saturated rings. The summed E-state index contributed by atoms with van der Waals surface area (Å²) in [4.78, 5) is 0. The van der Waals surface area contributed by atoms with Gasteiger partial charge in [-0.3, -0.25) is 0 Å². The fourth-order valence-corrected chi connectivity index (χ4v) is 2.69. The quantitative estimate of drug-likeness (QED) is 0.777. The van der Waals surface area contributed by atoms with E-state index in [4.69, 9.17) is 5.11 Å². The Hall–Kier alpha value is -0.820. The summed E-state index contributed by atoms with van der Waals surface area (Å²) in [6.45, 7) is 2.61. The van der Waals surface area contributed by atoms with E-state index in [1.54, 1.807) is 0 Å². The molecule has 1 N–H and O–H groups in total. The number of aliphatic hydroxyl groups is 1. The van der Waals surface area contributed by atoms with Gasteiger partial charge in [-0.05, 0) is 36.2 Å². The fourth-order valence-electron chi connectivity index (χ4n) is 2.69. The van der Waals surface area contributed by atoms with Crippen LogP contribution in [0.15, 0.2) is 30.3 Å². The van der Waals surface area contributed by atoms with E-state index in [1.807, 2.05) is 0 Å². The molecule has 1 aliphatic rings. The summed E-state index contributed by atoms with van der Waals surface area (Å²) in [5, 5.41) is 9.06. The Bertz CT molecular complexity index is 285. The second kappa shape index (κ2) is 3.74. The van der Waals surface area contributed by atoms with Gasteiger partial charge < -0.3 is 5.11 Å². The topological polar surface area (TPSA) is 20.2 Å². The molecule has 1 aromatic rings. The Morgan fingerprint density at radius 1 is 1.29 bits per heavy atom. The minimum atomic E-state index is 0.356. The lowest BCUT2D eigenvalue weighted by molar-refractivity contribution is 0.0740. The van der Waals surface area contributed by atoms with Crippen LogP contribution in [0, 0.1) is 5.92 Å². The van der Waals surface area contributed by atoms with Gasteiger partial charge in [0.1, 0.15) is 0 Å². The molecular weight excluding hydrogens is 172 g/mol. The van der Waals surface area contributed by atoms with Gasteiger partial charge in [-0.2, -0.15) is 0 Å². The van der Waals surface area contributed by atoms with Crippen LogP contribution in [0.4, 0.5) is 0 Å². The second-order valence-corrected chi connectivity index (χ2v) is 4.46. The summed E-state index contributed by atoms with van der Waals surface area (Å²) < 4.78 is 0. The molecule has 1 nitrogen and oxygen atoms in total. The summed E-state index contributed by atoms with van der Waals surface area (Å²) >= 11 is 0. The second-order valence-electron chi connectivity index (χ2n) is 4.46. The maximum Gasteiger partial charge on any atom is 0.0459 e. The van der Waals surface area contributed by atoms with E-state index in [-0.39, 0.29) is 0 Å². The van der Waals surface area contributed by atoms with Gasteiger partial charge in [0.15, 0.2) is 0 Å². The smallest absolute Gasteiger partial charge is 0.0459 e. The van der Waals surface area contributed by atoms with Crippen LogP contribution >= 0.6 is 0 Å². The zero-order valence-corrected chi connectivity index (χ0v) is 8.74. The van der Waals surface area contributed by atoms with Crippen molar-refractivity contribution in [3.8, 4) is 0 Å². The Kier molecular flexibility index (Phi) is 2.60. The maximum absolute atomic E-state index is 9.06. The molecule has 1 saturated carbocycles. The summed E-state index contributed by atoms with van der Waals surface area (Å²) in [5.41, 5.74) is 1.82. The third-order valence-electron chi connectivity index (χ3n) is 3.68. The standard InChI is InChI=1S/C13H18O/c1-2-13(8-11(9-13)10-14)12-6-4-3-5-7-12/h3-7,11,14H,2,8-10H2,1H3. The van der Waals surface area contributed by atoms with Crippen LogP contribution in [0.3, 0.4) is 0 Å². The third kappa shape index (κ3) is 1.46. The summed E-state index contributed by atoms with van der Waals surface area (Å²) in [6, 6.07) is 10.7. The largest absolute Gasteiger partial charge is 0.396 e. The SMILES string of the molecule is CCC1(c2ccccc2)CC(CO)C1. The zero-order valence-electron chi connectivity index (χ0n) is 8.74. The average Bonchev–Trinajstić information content (AvgIpc) is 2.19. The van der Waals surface area contributed by atoms with Gasteiger partial charge in [0.05, 0.1) is 0 Å². The van der Waals surface area contributed by atoms with Crippen molar-refractivity contribution < 1.29 is 5.11 Å². The maximum atomic E-state index is 9.06. The first-order valence-corrected chi connectivity index (χ1v) is 5.47. The van der Waals surface area contributed by atoms with Gasteiger partial charge in [-0.1, -0.05) is 37.3 Å². The van der Waals surface area contributed by atoms with Crippen LogP contribution in [-0.2, 0) is 5.41 Å². The molecule has 76 valence electrons. The normalized spacial score (nSPS) is 31.1. The molecule has 14 heavy (non-hydrogen) atoms. The number of hydrogen-bond donors (Lipinski definition) is 1. The lowest BCUT2D eigenvalue weighted by atomic mass is 9.57. The molecule has 0 bridgehead atoms. The predicted octanol–water partition coefficient (Wildman–Crippen LogP) is 2.74. The molecule has 0 radical (unpaired) electrons. The van der Waals surface area contributed by atoms with Crippen LogP contribution < -0.4 is 0 Å². The highest BCUT2D eigenvalue weighted by atomic mass is 16.3. The highest BCUT2D eigenvalue weighted by Crippen LogP contribution is 2.49. The van der Waals surface area contributed by atoms with Gasteiger partial charge >= 0.3 is 0 Å². The van der Waals surface area contributed by atoms with E-state index in [1.165, 1.54) is 12.0 Å². The molecule has 0 heterocycles. The Morgan fingerprint density at radius 3 is 2.43 bits per heavy atom. The third-order valence-corrected chi connectivity index (χ3v) is 3.68. The summed E-state index contributed by atoms with van der Waals surface area (Å²) in [5.74, 6) is 0.537. The summed E-state index contributed by atoms with van der Waals surface area (Å²) in [7, 11) is 0. The van der Waals surface area contributed by atoms with Crippen LogP contribution in [0.5, 0.6) is 0 Å². The van der Waals surface area contributed by atoms with Crippen molar-refractivity contribution >= 4 is 0 Å². The van der Waals surface area contributed by atoms with Crippen molar-refractivity contribution in [1.82, 2.24) is 0 Å². The highest BCUT2D eigenvalue weighted by Gasteiger charge is 2.43. The van der Waals surface area contributed by atoms with Crippen LogP contribution in [0.1, 0.15) is 31.7 Å². The molecule has 0 spiro atoms. The summed E-state index contributed by atoms with van der Waals surface area (Å²) in [6.07, 6.45) is 3.50. The van der Waals surface area contributed by atoms with E-state index < -0.39 is 0 Å². The van der Waals surface area contributed by atoms with E-state index in [0.29, 0.717) is 17.9 Å². The van der Waals surface area contributed by atoms with Crippen molar-refractivity contribution in [2.24, 2.45) is 5.92 Å². The Labute approximate surface area is 85.8 Å². The molecule has 2 rings (SSSR count). The first-order chi connectivity index (χ1) is 6.80. The van der Waals surface area contributed by atoms with Gasteiger partial charge in [0, 0.05) is 6.61 Å². The monoisotopic (exact) mass is 190 g/mol. The van der Waals surface area contributed by atoms with E-state index in [2.05, 4.69) is 37.3 Å². The van der Waals surface area contributed by atoms with Gasteiger partial charge in [-0.15, -0.1) is 0 Å². The van der Waals surface area contributed by atoms with Crippen molar-refractivity contribution in [1.29, 1.82) is 0 Å². The molecule has 0 aliphatic heterocycles. The minimum absolute atomic E-state index is 0.356. The van der Waals surface area contributed by atoms with Crippen molar-refractivity contribution in [3.05, 3.63) is 35.9 Å². The molecule has 0 amide bonds. The predicted molar refractivity (Wildman–Crippen MR) is 58.2 cm³/mol. The first kappa shape index (κ1) is 9.72. The Balaban J connectivity index is 2.16. The molecule has 1 aliphatic carbocycles. The van der Waals surface area contributed by atoms with Crippen LogP contribution in [-0.4, -0.2) is 11.7 Å². The van der Waals surface area contributed by atoms with Crippen LogP contribution in [0.2, 0.25) is 0 Å². The molecule has 1 heteroatoms. The van der Waals surface area contributed by atoms with Crippen molar-refractivity contribution in [3.63, 3.8) is 0 Å². The number of benzene rings is 1. The molecule has 0 saturated heterocycles. The Morgan fingerprint density at radius 2 is 1.93 bits per heavy atom. The van der Waals surface area contributed by atoms with E-state index in [0.717, 1.165) is 12.8 Å². The molecule has 0 aromatic heterocycles. The van der Waals surface area contributed by atoms with E-state index >= 15 is 0 Å². The number of rotatable bonds is 3. The number of aliphatic hydroxyl groups excluding tert-OH is 1. The van der Waals surface area contributed by atoms with Gasteiger partial charge in [0.2, 0.25) is 0 Å². The molecular formula is C13H18O. The van der Waals surface area contributed by atoms with Gasteiger partial charge in [-0.25, -0.2) is 0 Å². The molecule has 0 atom stereocenters. The molecule has 0 unspecified atom stereocenters. The first-order valence-electron chi connectivity index (χ1n) is 5.47. The van der Waals surface area contributed by atoms with E-state index in [9.17, 15) is 0 Å². The lowest BCUT2D eigenvalue weighted by Crippen LogP contribution is -2.42. The number of hydrogen-bond acceptors (Lipinski definition) is 1. The zero-order chi connectivity index (χ0) is 10.0. The van der Waals surface area contributed by atoms with Crippen molar-refractivity contribution in [2.45, 2.75) is 31.6 Å². The lowest BCUT2D eigenvalue weighted by Gasteiger charge is -2.47. The molecule has 1 aromatic carbocycles. The fraction of sp³-hybridized carbons (Fsp3) is 0.538.